The van der Waals surface area contributed by atoms with Gasteiger partial charge < -0.3 is 28.8 Å². The number of benzene rings is 2. The third-order valence-corrected chi connectivity index (χ3v) is 5.08. The highest BCUT2D eigenvalue weighted by Crippen LogP contribution is 2.28. The van der Waals surface area contributed by atoms with Crippen molar-refractivity contribution < 1.29 is 33.6 Å². The van der Waals surface area contributed by atoms with E-state index in [0.717, 1.165) is 11.1 Å². The minimum Gasteiger partial charge on any atom is -0.453 e. The zero-order valence-electron chi connectivity index (χ0n) is 18.3. The monoisotopic (exact) mass is 442 g/mol. The summed E-state index contributed by atoms with van der Waals surface area (Å²) in [4.78, 5) is 12.2. The molecule has 7 nitrogen and oxygen atoms in total. The van der Waals surface area contributed by atoms with E-state index in [9.17, 15) is 9.90 Å². The Hall–Kier alpha value is -2.55. The zero-order valence-corrected chi connectivity index (χ0v) is 18.3. The van der Waals surface area contributed by atoms with Crippen LogP contribution in [0.1, 0.15) is 18.1 Å². The van der Waals surface area contributed by atoms with Crippen molar-refractivity contribution in [2.75, 3.05) is 13.7 Å². The molecule has 0 aliphatic carbocycles. The van der Waals surface area contributed by atoms with E-state index in [4.69, 9.17) is 23.7 Å². The lowest BCUT2D eigenvalue weighted by molar-refractivity contribution is -0.309. The van der Waals surface area contributed by atoms with Gasteiger partial charge in [0.05, 0.1) is 19.8 Å². The van der Waals surface area contributed by atoms with Crippen LogP contribution in [0.25, 0.3) is 0 Å². The zero-order chi connectivity index (χ0) is 22.8. The highest BCUT2D eigenvalue weighted by molar-refractivity contribution is 5.82. The lowest BCUT2D eigenvalue weighted by Crippen LogP contribution is -2.61. The molecule has 2 aromatic carbocycles. The molecule has 0 bridgehead atoms. The van der Waals surface area contributed by atoms with Crippen LogP contribution in [-0.2, 0) is 41.7 Å². The van der Waals surface area contributed by atoms with Gasteiger partial charge in [0.25, 0.3) is 0 Å². The van der Waals surface area contributed by atoms with E-state index in [-0.39, 0.29) is 13.2 Å². The Balaban J connectivity index is 1.70. The van der Waals surface area contributed by atoms with Gasteiger partial charge in [-0.3, -0.25) is 0 Å². The van der Waals surface area contributed by atoms with E-state index < -0.39 is 36.7 Å². The fraction of sp³-hybridized carbons (Fsp3) is 0.400. The molecule has 7 heteroatoms. The van der Waals surface area contributed by atoms with Crippen molar-refractivity contribution in [3.8, 4) is 0 Å². The molecule has 5 atom stereocenters. The molecule has 0 saturated carbocycles. The van der Waals surface area contributed by atoms with E-state index in [1.807, 2.05) is 60.7 Å². The van der Waals surface area contributed by atoms with Crippen molar-refractivity contribution in [2.24, 2.45) is 0 Å². The maximum absolute atomic E-state index is 12.2. The van der Waals surface area contributed by atoms with Gasteiger partial charge in [-0.1, -0.05) is 66.7 Å². The molecule has 2 aromatic rings. The van der Waals surface area contributed by atoms with Gasteiger partial charge in [-0.05, 0) is 18.1 Å². The third kappa shape index (κ3) is 6.72. The first-order valence-corrected chi connectivity index (χ1v) is 10.6. The predicted molar refractivity (Wildman–Crippen MR) is 117 cm³/mol. The summed E-state index contributed by atoms with van der Waals surface area (Å²) in [7, 11) is 1.48. The second-order valence-electron chi connectivity index (χ2n) is 7.43. The molecule has 1 aliphatic heterocycles. The Bertz CT molecular complexity index is 840. The summed E-state index contributed by atoms with van der Waals surface area (Å²) in [5.41, 5.74) is 1.94. The minimum absolute atomic E-state index is 0.0962. The molecule has 172 valence electrons. The first-order valence-electron chi connectivity index (χ1n) is 10.6. The quantitative estimate of drug-likeness (QED) is 0.447. The Kier molecular flexibility index (Phi) is 9.40. The third-order valence-electron chi connectivity index (χ3n) is 5.08. The number of carbonyl (C=O) groups is 1. The van der Waals surface area contributed by atoms with Gasteiger partial charge >= 0.3 is 5.97 Å². The summed E-state index contributed by atoms with van der Waals surface area (Å²) in [6, 6.07) is 19.2. The molecule has 1 heterocycles. The van der Waals surface area contributed by atoms with E-state index in [2.05, 4.69) is 0 Å². The molecule has 1 N–H and O–H groups in total. The SMILES string of the molecule is C/C=C/C(=O)O[C@H]1[C@@H](O)[C@@H](COCc2ccccc2)O[C@H](OC)[C@@H]1OCc1ccccc1. The van der Waals surface area contributed by atoms with Gasteiger partial charge in [0, 0.05) is 13.2 Å². The number of aliphatic hydroxyl groups is 1. The number of esters is 1. The maximum atomic E-state index is 12.2. The highest BCUT2D eigenvalue weighted by atomic mass is 16.7. The molecule has 0 aromatic heterocycles. The summed E-state index contributed by atoms with van der Waals surface area (Å²) >= 11 is 0. The summed E-state index contributed by atoms with van der Waals surface area (Å²) in [6.45, 7) is 2.42. The second-order valence-corrected chi connectivity index (χ2v) is 7.43. The van der Waals surface area contributed by atoms with E-state index in [1.165, 1.54) is 13.2 Å². The summed E-state index contributed by atoms with van der Waals surface area (Å²) < 4.78 is 28.7. The van der Waals surface area contributed by atoms with Crippen molar-refractivity contribution in [2.45, 2.75) is 50.8 Å². The van der Waals surface area contributed by atoms with Gasteiger partial charge in [0.15, 0.2) is 12.4 Å². The van der Waals surface area contributed by atoms with Gasteiger partial charge in [-0.2, -0.15) is 0 Å². The van der Waals surface area contributed by atoms with Crippen LogP contribution in [0.5, 0.6) is 0 Å². The normalized spacial score (nSPS) is 25.7. The minimum atomic E-state index is -1.16. The van der Waals surface area contributed by atoms with Crippen molar-refractivity contribution in [3.63, 3.8) is 0 Å². The van der Waals surface area contributed by atoms with Crippen LogP contribution in [0.4, 0.5) is 0 Å². The maximum Gasteiger partial charge on any atom is 0.330 e. The Morgan fingerprint density at radius 2 is 1.62 bits per heavy atom. The van der Waals surface area contributed by atoms with Crippen LogP contribution >= 0.6 is 0 Å². The summed E-state index contributed by atoms with van der Waals surface area (Å²) in [5, 5.41) is 11.0. The van der Waals surface area contributed by atoms with E-state index in [0.29, 0.717) is 6.61 Å². The predicted octanol–water partition coefficient (Wildman–Crippen LogP) is 3.01. The van der Waals surface area contributed by atoms with Crippen molar-refractivity contribution >= 4 is 5.97 Å². The van der Waals surface area contributed by atoms with Gasteiger partial charge in [-0.25, -0.2) is 4.79 Å². The van der Waals surface area contributed by atoms with Crippen LogP contribution in [0, 0.1) is 0 Å². The van der Waals surface area contributed by atoms with Crippen LogP contribution in [0.2, 0.25) is 0 Å². The smallest absolute Gasteiger partial charge is 0.330 e. The van der Waals surface area contributed by atoms with E-state index in [1.54, 1.807) is 13.0 Å². The number of allylic oxidation sites excluding steroid dienone is 1. The number of aliphatic hydroxyl groups excluding tert-OH is 1. The molecule has 1 saturated heterocycles. The average molecular weight is 443 g/mol. The van der Waals surface area contributed by atoms with Crippen LogP contribution in [0.3, 0.4) is 0 Å². The summed E-state index contributed by atoms with van der Waals surface area (Å²) in [5.74, 6) is -0.578. The molecule has 0 spiro atoms. The standard InChI is InChI=1S/C25H30O7/c1-3-10-21(26)32-23-22(27)20(17-29-15-18-11-6-4-7-12-18)31-25(28-2)24(23)30-16-19-13-8-5-9-14-19/h3-14,20,22-25,27H,15-17H2,1-2H3/b10-3+/t20-,22+,23+,24-,25+/m1/s1. The Morgan fingerprint density at radius 1 is 1.00 bits per heavy atom. The number of methoxy groups -OCH3 is 1. The number of rotatable bonds is 10. The molecular weight excluding hydrogens is 412 g/mol. The molecule has 0 unspecified atom stereocenters. The molecule has 1 aliphatic rings. The summed E-state index contributed by atoms with van der Waals surface area (Å²) in [6.07, 6.45) is -1.73. The highest BCUT2D eigenvalue weighted by Gasteiger charge is 2.48. The molecular formula is C25H30O7. The number of hydrogen-bond donors (Lipinski definition) is 1. The fourth-order valence-corrected chi connectivity index (χ4v) is 3.47. The van der Waals surface area contributed by atoms with Crippen molar-refractivity contribution in [3.05, 3.63) is 83.9 Å². The molecule has 32 heavy (non-hydrogen) atoms. The number of carbonyl (C=O) groups excluding carboxylic acids is 1. The van der Waals surface area contributed by atoms with Crippen LogP contribution < -0.4 is 0 Å². The van der Waals surface area contributed by atoms with Gasteiger partial charge in [-0.15, -0.1) is 0 Å². The first kappa shape index (κ1) is 24.1. The molecule has 0 amide bonds. The van der Waals surface area contributed by atoms with Crippen LogP contribution in [0.15, 0.2) is 72.8 Å². The Morgan fingerprint density at radius 3 is 2.22 bits per heavy atom. The van der Waals surface area contributed by atoms with Gasteiger partial charge in [0.1, 0.15) is 18.3 Å². The first-order chi connectivity index (χ1) is 15.6. The lowest BCUT2D eigenvalue weighted by Gasteiger charge is -2.43. The molecule has 3 rings (SSSR count). The van der Waals surface area contributed by atoms with Crippen molar-refractivity contribution in [1.29, 1.82) is 0 Å². The molecule has 1 fully saturated rings. The van der Waals surface area contributed by atoms with Gasteiger partial charge in [0.2, 0.25) is 0 Å². The Labute approximate surface area is 188 Å². The fourth-order valence-electron chi connectivity index (χ4n) is 3.47. The van der Waals surface area contributed by atoms with Crippen LogP contribution in [-0.4, -0.2) is 55.5 Å². The second kappa shape index (κ2) is 12.5. The van der Waals surface area contributed by atoms with Crippen molar-refractivity contribution in [1.82, 2.24) is 0 Å². The topological polar surface area (TPSA) is 83.5 Å². The van der Waals surface area contributed by atoms with E-state index >= 15 is 0 Å². The lowest BCUT2D eigenvalue weighted by atomic mass is 9.98. The largest absolute Gasteiger partial charge is 0.453 e. The average Bonchev–Trinajstić information content (AvgIpc) is 2.82. The number of ether oxygens (including phenoxy) is 5. The molecule has 0 radical (unpaired) electrons. The number of hydrogen-bond acceptors (Lipinski definition) is 7.